The Bertz CT molecular complexity index is 808. The van der Waals surface area contributed by atoms with E-state index in [1.165, 1.54) is 5.56 Å². The minimum Gasteiger partial charge on any atom is -0.384 e. The normalized spacial score (nSPS) is 17.4. The molecule has 134 valence electrons. The Hall–Kier alpha value is -1.48. The number of pyridine rings is 1. The zero-order chi connectivity index (χ0) is 18.4. The van der Waals surface area contributed by atoms with Crippen LogP contribution in [0.5, 0.6) is 0 Å². The van der Waals surface area contributed by atoms with Crippen LogP contribution in [-0.2, 0) is 11.6 Å². The van der Waals surface area contributed by atoms with Crippen molar-refractivity contribution in [3.05, 3.63) is 35.3 Å². The molecule has 1 aliphatic rings. The topological polar surface area (TPSA) is 64.7 Å². The molecule has 0 fully saturated rings. The predicted octanol–water partition coefficient (Wildman–Crippen LogP) is 4.71. The van der Waals surface area contributed by atoms with Gasteiger partial charge in [0.2, 0.25) is 0 Å². The molecule has 0 amide bonds. The van der Waals surface area contributed by atoms with Gasteiger partial charge in [-0.25, -0.2) is 9.97 Å². The largest absolute Gasteiger partial charge is 0.433 e. The van der Waals surface area contributed by atoms with Crippen LogP contribution in [0.25, 0.3) is 0 Å². The maximum Gasteiger partial charge on any atom is 0.433 e. The molecule has 1 atom stereocenters. The number of hydrogen-bond acceptors (Lipinski definition) is 6. The number of anilines is 1. The number of nitrogens with zero attached hydrogens (tertiary/aromatic N) is 3. The molecule has 1 aliphatic heterocycles. The molecule has 0 spiro atoms. The lowest BCUT2D eigenvalue weighted by Gasteiger charge is -2.19. The summed E-state index contributed by atoms with van der Waals surface area (Å²) < 4.78 is 38.6. The fourth-order valence-corrected chi connectivity index (χ4v) is 4.69. The first-order valence-corrected chi connectivity index (χ1v) is 9.44. The summed E-state index contributed by atoms with van der Waals surface area (Å²) in [5.41, 5.74) is 6.53. The Morgan fingerprint density at radius 3 is 2.68 bits per heavy atom. The van der Waals surface area contributed by atoms with E-state index in [0.717, 1.165) is 34.2 Å². The minimum atomic E-state index is -4.55. The van der Waals surface area contributed by atoms with Gasteiger partial charge >= 0.3 is 6.18 Å². The molecule has 0 radical (unpaired) electrons. The lowest BCUT2D eigenvalue weighted by atomic mass is 9.87. The fraction of sp³-hybridized carbons (Fsp3) is 0.438. The molecule has 0 aromatic carbocycles. The molecule has 2 N–H and O–H groups in total. The highest BCUT2D eigenvalue weighted by molar-refractivity contribution is 7.99. The Morgan fingerprint density at radius 1 is 1.28 bits per heavy atom. The van der Waals surface area contributed by atoms with Gasteiger partial charge in [0.05, 0.1) is 10.9 Å². The maximum atomic E-state index is 12.9. The third-order valence-corrected chi connectivity index (χ3v) is 6.41. The SMILES string of the molecule is CC(Sc1nc(N)cc(C(F)(F)F)n1)c1cc2c(cn1)SCC2(C)C. The smallest absolute Gasteiger partial charge is 0.384 e. The van der Waals surface area contributed by atoms with Crippen LogP contribution in [0.15, 0.2) is 28.4 Å². The van der Waals surface area contributed by atoms with Gasteiger partial charge in [0, 0.05) is 28.3 Å². The number of nitrogens with two attached hydrogens (primary N) is 1. The first-order valence-electron chi connectivity index (χ1n) is 7.58. The van der Waals surface area contributed by atoms with Crippen molar-refractivity contribution in [1.82, 2.24) is 15.0 Å². The Balaban J connectivity index is 1.86. The Morgan fingerprint density at radius 2 is 2.00 bits per heavy atom. The molecule has 2 aromatic heterocycles. The molecule has 25 heavy (non-hydrogen) atoms. The van der Waals surface area contributed by atoms with Crippen molar-refractivity contribution in [2.24, 2.45) is 0 Å². The molecule has 0 aliphatic carbocycles. The molecule has 3 heterocycles. The van der Waals surface area contributed by atoms with Crippen LogP contribution in [0.4, 0.5) is 19.0 Å². The van der Waals surface area contributed by atoms with E-state index in [1.807, 2.05) is 19.2 Å². The van der Waals surface area contributed by atoms with Crippen LogP contribution in [0.2, 0.25) is 0 Å². The van der Waals surface area contributed by atoms with Crippen LogP contribution in [0.1, 0.15) is 43.0 Å². The predicted molar refractivity (Wildman–Crippen MR) is 93.7 cm³/mol. The van der Waals surface area contributed by atoms with Crippen molar-refractivity contribution < 1.29 is 13.2 Å². The second kappa shape index (κ2) is 6.35. The summed E-state index contributed by atoms with van der Waals surface area (Å²) in [4.78, 5) is 13.1. The zero-order valence-electron chi connectivity index (χ0n) is 13.9. The Labute approximate surface area is 152 Å². The van der Waals surface area contributed by atoms with E-state index >= 15 is 0 Å². The number of alkyl halides is 3. The van der Waals surface area contributed by atoms with Crippen LogP contribution in [0.3, 0.4) is 0 Å². The Kier molecular flexibility index (Phi) is 4.65. The third kappa shape index (κ3) is 3.87. The molecule has 1 unspecified atom stereocenters. The van der Waals surface area contributed by atoms with Gasteiger partial charge in [-0.1, -0.05) is 25.6 Å². The summed E-state index contributed by atoms with van der Waals surface area (Å²) in [5.74, 6) is 0.791. The highest BCUT2D eigenvalue weighted by Gasteiger charge is 2.34. The second-order valence-electron chi connectivity index (χ2n) is 6.50. The minimum absolute atomic E-state index is 0.00393. The highest BCUT2D eigenvalue weighted by Crippen LogP contribution is 2.45. The number of aromatic nitrogens is 3. The average molecular weight is 386 g/mol. The molecule has 0 bridgehead atoms. The van der Waals surface area contributed by atoms with Crippen molar-refractivity contribution in [3.63, 3.8) is 0 Å². The first-order chi connectivity index (χ1) is 11.6. The molecule has 4 nitrogen and oxygen atoms in total. The van der Waals surface area contributed by atoms with E-state index < -0.39 is 11.9 Å². The van der Waals surface area contributed by atoms with Gasteiger partial charge in [-0.2, -0.15) is 13.2 Å². The fourth-order valence-electron chi connectivity index (χ4n) is 2.52. The van der Waals surface area contributed by atoms with Crippen molar-refractivity contribution >= 4 is 29.3 Å². The van der Waals surface area contributed by atoms with Gasteiger partial charge in [0.15, 0.2) is 10.9 Å². The van der Waals surface area contributed by atoms with Gasteiger partial charge < -0.3 is 5.73 Å². The van der Waals surface area contributed by atoms with E-state index in [2.05, 4.69) is 28.8 Å². The number of thioether (sulfide) groups is 2. The lowest BCUT2D eigenvalue weighted by molar-refractivity contribution is -0.141. The number of rotatable bonds is 3. The summed E-state index contributed by atoms with van der Waals surface area (Å²) in [6.07, 6.45) is -2.72. The molecular formula is C16H17F3N4S2. The third-order valence-electron chi connectivity index (χ3n) is 3.92. The zero-order valence-corrected chi connectivity index (χ0v) is 15.5. The summed E-state index contributed by atoms with van der Waals surface area (Å²) in [6.45, 7) is 6.21. The van der Waals surface area contributed by atoms with Crippen LogP contribution in [0, 0.1) is 0 Å². The van der Waals surface area contributed by atoms with Gasteiger partial charge in [-0.05, 0) is 18.6 Å². The maximum absolute atomic E-state index is 12.9. The van der Waals surface area contributed by atoms with Gasteiger partial charge in [0.1, 0.15) is 5.82 Å². The van der Waals surface area contributed by atoms with E-state index in [0.29, 0.717) is 0 Å². The molecule has 9 heteroatoms. The van der Waals surface area contributed by atoms with E-state index in [-0.39, 0.29) is 21.6 Å². The second-order valence-corrected chi connectivity index (χ2v) is 8.82. The molecule has 0 saturated heterocycles. The summed E-state index contributed by atoms with van der Waals surface area (Å²) in [5, 5.41) is -0.203. The summed E-state index contributed by atoms with van der Waals surface area (Å²) >= 11 is 2.89. The number of nitrogen functional groups attached to an aromatic ring is 1. The van der Waals surface area contributed by atoms with Gasteiger partial charge in [-0.3, -0.25) is 4.98 Å². The monoisotopic (exact) mass is 386 g/mol. The van der Waals surface area contributed by atoms with Crippen LogP contribution in [-0.4, -0.2) is 20.7 Å². The standard InChI is InChI=1S/C16H17F3N4S2/c1-8(10-4-9-11(6-21-10)24-7-15(9,2)3)25-14-22-12(16(17,18)19)5-13(20)23-14/h4-6,8H,7H2,1-3H3,(H2,20,22,23). The van der Waals surface area contributed by atoms with Crippen molar-refractivity contribution in [2.45, 2.75) is 47.7 Å². The number of halogens is 3. The quantitative estimate of drug-likeness (QED) is 0.609. The first kappa shape index (κ1) is 18.3. The molecular weight excluding hydrogens is 369 g/mol. The summed E-state index contributed by atoms with van der Waals surface area (Å²) in [6, 6.07) is 2.77. The summed E-state index contributed by atoms with van der Waals surface area (Å²) in [7, 11) is 0. The number of hydrogen-bond donors (Lipinski definition) is 1. The van der Waals surface area contributed by atoms with Crippen molar-refractivity contribution in [2.75, 3.05) is 11.5 Å². The van der Waals surface area contributed by atoms with E-state index in [1.54, 1.807) is 11.8 Å². The van der Waals surface area contributed by atoms with Crippen molar-refractivity contribution in [3.8, 4) is 0 Å². The van der Waals surface area contributed by atoms with E-state index in [9.17, 15) is 13.2 Å². The average Bonchev–Trinajstić information content (AvgIpc) is 2.81. The number of fused-ring (bicyclic) bond motifs is 1. The molecule has 2 aromatic rings. The van der Waals surface area contributed by atoms with Crippen LogP contribution >= 0.6 is 23.5 Å². The van der Waals surface area contributed by atoms with E-state index in [4.69, 9.17) is 5.73 Å². The van der Waals surface area contributed by atoms with Crippen molar-refractivity contribution in [1.29, 1.82) is 0 Å². The van der Waals surface area contributed by atoms with Crippen LogP contribution < -0.4 is 5.73 Å². The lowest BCUT2D eigenvalue weighted by Crippen LogP contribution is -2.16. The molecule has 3 rings (SSSR count). The van der Waals surface area contributed by atoms with Gasteiger partial charge in [-0.15, -0.1) is 11.8 Å². The highest BCUT2D eigenvalue weighted by atomic mass is 32.2. The van der Waals surface area contributed by atoms with Gasteiger partial charge in [0.25, 0.3) is 0 Å². The molecule has 0 saturated carbocycles.